The molecule has 0 bridgehead atoms. The van der Waals surface area contributed by atoms with Crippen molar-refractivity contribution in [3.05, 3.63) is 35.9 Å². The van der Waals surface area contributed by atoms with E-state index in [4.69, 9.17) is 5.73 Å². The molecule has 0 saturated carbocycles. The van der Waals surface area contributed by atoms with Crippen LogP contribution in [-0.2, 0) is 11.2 Å². The van der Waals surface area contributed by atoms with Crippen molar-refractivity contribution in [2.45, 2.75) is 25.3 Å². The zero-order valence-electron chi connectivity index (χ0n) is 9.43. The minimum atomic E-state index is -0.572. The van der Waals surface area contributed by atoms with Crippen molar-refractivity contribution in [3.63, 3.8) is 0 Å². The Morgan fingerprint density at radius 1 is 1.29 bits per heavy atom. The van der Waals surface area contributed by atoms with E-state index >= 15 is 0 Å². The van der Waals surface area contributed by atoms with Crippen LogP contribution in [0.15, 0.2) is 30.3 Å². The van der Waals surface area contributed by atoms with E-state index in [0.717, 1.165) is 5.56 Å². The van der Waals surface area contributed by atoms with Crippen LogP contribution in [0.1, 0.15) is 18.4 Å². The molecule has 0 aliphatic carbocycles. The number of nitrogens with one attached hydrogen (secondary N) is 1. The number of hydrogen-bond donors (Lipinski definition) is 3. The molecule has 0 aliphatic heterocycles. The van der Waals surface area contributed by atoms with Gasteiger partial charge in [0.2, 0.25) is 0 Å². The van der Waals surface area contributed by atoms with E-state index in [1.165, 1.54) is 0 Å². The highest BCUT2D eigenvalue weighted by Crippen LogP contribution is 2.08. The zero-order valence-corrected chi connectivity index (χ0v) is 10.3. The molecule has 0 heterocycles. The SMILES string of the molecule is NC(=O)NC(CCC(=O)S)Cc1ccccc1. The lowest BCUT2D eigenvalue weighted by molar-refractivity contribution is -0.111. The Kier molecular flexibility index (Phi) is 5.56. The van der Waals surface area contributed by atoms with Crippen LogP contribution < -0.4 is 11.1 Å². The molecule has 0 spiro atoms. The number of urea groups is 1. The van der Waals surface area contributed by atoms with Crippen LogP contribution in [-0.4, -0.2) is 17.2 Å². The Bertz CT molecular complexity index is 381. The first-order chi connectivity index (χ1) is 8.08. The maximum atomic E-state index is 10.9. The van der Waals surface area contributed by atoms with E-state index in [1.54, 1.807) is 0 Å². The van der Waals surface area contributed by atoms with Crippen LogP contribution in [0.2, 0.25) is 0 Å². The zero-order chi connectivity index (χ0) is 12.7. The standard InChI is InChI=1S/C12H16N2O2S/c13-12(16)14-10(6-7-11(15)17)8-9-4-2-1-3-5-9/h1-5,10H,6-8H2,(H,15,17)(H3,13,14,16). The summed E-state index contributed by atoms with van der Waals surface area (Å²) >= 11 is 3.71. The van der Waals surface area contributed by atoms with Gasteiger partial charge in [-0.1, -0.05) is 30.3 Å². The third-order valence-corrected chi connectivity index (χ3v) is 2.60. The van der Waals surface area contributed by atoms with Gasteiger partial charge in [-0.3, -0.25) is 4.79 Å². The number of rotatable bonds is 6. The molecule has 1 rings (SSSR count). The molecule has 1 atom stereocenters. The summed E-state index contributed by atoms with van der Waals surface area (Å²) in [5.74, 6) is 0. The molecule has 92 valence electrons. The summed E-state index contributed by atoms with van der Waals surface area (Å²) in [6, 6.07) is 9.03. The van der Waals surface area contributed by atoms with Gasteiger partial charge in [-0.05, 0) is 18.4 Å². The van der Waals surface area contributed by atoms with E-state index in [-0.39, 0.29) is 11.2 Å². The van der Waals surface area contributed by atoms with Gasteiger partial charge in [0.25, 0.3) is 0 Å². The molecule has 17 heavy (non-hydrogen) atoms. The molecule has 1 aromatic rings. The number of amides is 2. The van der Waals surface area contributed by atoms with Gasteiger partial charge in [0, 0.05) is 12.5 Å². The number of carbonyl (C=O) groups is 2. The predicted octanol–water partition coefficient (Wildman–Crippen LogP) is 1.50. The van der Waals surface area contributed by atoms with E-state index in [1.807, 2.05) is 30.3 Å². The average Bonchev–Trinajstić information content (AvgIpc) is 2.26. The van der Waals surface area contributed by atoms with Gasteiger partial charge in [-0.2, -0.15) is 0 Å². The first kappa shape index (κ1) is 13.6. The summed E-state index contributed by atoms with van der Waals surface area (Å²) in [4.78, 5) is 21.7. The molecule has 0 radical (unpaired) electrons. The summed E-state index contributed by atoms with van der Waals surface area (Å²) in [5, 5.41) is 2.45. The second-order valence-electron chi connectivity index (χ2n) is 3.83. The highest BCUT2D eigenvalue weighted by molar-refractivity contribution is 7.96. The van der Waals surface area contributed by atoms with Gasteiger partial charge >= 0.3 is 6.03 Å². The molecule has 0 fully saturated rings. The number of carbonyl (C=O) groups excluding carboxylic acids is 2. The van der Waals surface area contributed by atoms with Crippen molar-refractivity contribution in [1.29, 1.82) is 0 Å². The van der Waals surface area contributed by atoms with Gasteiger partial charge in [0.1, 0.15) is 0 Å². The lowest BCUT2D eigenvalue weighted by atomic mass is 10.0. The Morgan fingerprint density at radius 2 is 1.94 bits per heavy atom. The number of thiol groups is 1. The fraction of sp³-hybridized carbons (Fsp3) is 0.333. The molecule has 5 heteroatoms. The predicted molar refractivity (Wildman–Crippen MR) is 69.9 cm³/mol. The molecule has 0 saturated heterocycles. The number of nitrogens with two attached hydrogens (primary N) is 1. The molecule has 2 amide bonds. The van der Waals surface area contributed by atoms with Crippen LogP contribution in [0.25, 0.3) is 0 Å². The molecule has 1 unspecified atom stereocenters. The van der Waals surface area contributed by atoms with Crippen molar-refractivity contribution in [3.8, 4) is 0 Å². The minimum absolute atomic E-state index is 0.133. The molecule has 0 aliphatic rings. The summed E-state index contributed by atoms with van der Waals surface area (Å²) < 4.78 is 0. The van der Waals surface area contributed by atoms with Crippen LogP contribution in [0.4, 0.5) is 4.79 Å². The van der Waals surface area contributed by atoms with Crippen LogP contribution in [0.5, 0.6) is 0 Å². The van der Waals surface area contributed by atoms with E-state index in [2.05, 4.69) is 17.9 Å². The third kappa shape index (κ3) is 5.97. The second-order valence-corrected chi connectivity index (χ2v) is 4.33. The Hall–Kier alpha value is -1.49. The highest BCUT2D eigenvalue weighted by atomic mass is 32.1. The summed E-state index contributed by atoms with van der Waals surface area (Å²) in [7, 11) is 0. The summed E-state index contributed by atoms with van der Waals surface area (Å²) in [5.41, 5.74) is 6.19. The van der Waals surface area contributed by atoms with E-state index < -0.39 is 6.03 Å². The molecular formula is C12H16N2O2S. The number of hydrogen-bond acceptors (Lipinski definition) is 2. The topological polar surface area (TPSA) is 72.2 Å². The quantitative estimate of drug-likeness (QED) is 0.671. The van der Waals surface area contributed by atoms with Crippen molar-refractivity contribution in [1.82, 2.24) is 5.32 Å². The maximum absolute atomic E-state index is 10.9. The third-order valence-electron chi connectivity index (χ3n) is 2.38. The molecule has 3 N–H and O–H groups in total. The van der Waals surface area contributed by atoms with Crippen molar-refractivity contribution < 1.29 is 9.59 Å². The monoisotopic (exact) mass is 252 g/mol. The van der Waals surface area contributed by atoms with E-state index in [9.17, 15) is 9.59 Å². The van der Waals surface area contributed by atoms with Crippen LogP contribution in [0.3, 0.4) is 0 Å². The fourth-order valence-corrected chi connectivity index (χ4v) is 1.75. The second kappa shape index (κ2) is 6.96. The van der Waals surface area contributed by atoms with Crippen molar-refractivity contribution in [2.75, 3.05) is 0 Å². The Morgan fingerprint density at radius 3 is 2.47 bits per heavy atom. The first-order valence-electron chi connectivity index (χ1n) is 5.39. The van der Waals surface area contributed by atoms with Gasteiger partial charge in [0.05, 0.1) is 0 Å². The lowest BCUT2D eigenvalue weighted by Gasteiger charge is -2.16. The average molecular weight is 252 g/mol. The van der Waals surface area contributed by atoms with Gasteiger partial charge in [-0.15, -0.1) is 12.6 Å². The Labute approximate surface area is 106 Å². The van der Waals surface area contributed by atoms with Gasteiger partial charge in [0.15, 0.2) is 5.12 Å². The molecular weight excluding hydrogens is 236 g/mol. The first-order valence-corrected chi connectivity index (χ1v) is 5.84. The molecule has 1 aromatic carbocycles. The minimum Gasteiger partial charge on any atom is -0.352 e. The summed E-state index contributed by atoms with van der Waals surface area (Å²) in [6.07, 6.45) is 1.52. The molecule has 4 nitrogen and oxygen atoms in total. The largest absolute Gasteiger partial charge is 0.352 e. The number of benzene rings is 1. The highest BCUT2D eigenvalue weighted by Gasteiger charge is 2.12. The number of primary amides is 1. The van der Waals surface area contributed by atoms with E-state index in [0.29, 0.717) is 19.3 Å². The maximum Gasteiger partial charge on any atom is 0.312 e. The fourth-order valence-electron chi connectivity index (χ4n) is 1.62. The van der Waals surface area contributed by atoms with Crippen molar-refractivity contribution in [2.24, 2.45) is 5.73 Å². The van der Waals surface area contributed by atoms with Crippen molar-refractivity contribution >= 4 is 23.8 Å². The summed E-state index contributed by atoms with van der Waals surface area (Å²) in [6.45, 7) is 0. The molecule has 0 aromatic heterocycles. The normalized spacial score (nSPS) is 11.8. The smallest absolute Gasteiger partial charge is 0.312 e. The van der Waals surface area contributed by atoms with Crippen LogP contribution >= 0.6 is 12.6 Å². The Balaban J connectivity index is 2.56. The van der Waals surface area contributed by atoms with Crippen LogP contribution in [0, 0.1) is 0 Å². The van der Waals surface area contributed by atoms with Gasteiger partial charge < -0.3 is 11.1 Å². The lowest BCUT2D eigenvalue weighted by Crippen LogP contribution is -2.40. The van der Waals surface area contributed by atoms with Gasteiger partial charge in [-0.25, -0.2) is 4.79 Å².